The Bertz CT molecular complexity index is 2750. The van der Waals surface area contributed by atoms with Crippen molar-refractivity contribution >= 4 is 58.3 Å². The van der Waals surface area contributed by atoms with Gasteiger partial charge in [-0.1, -0.05) is 71.8 Å². The second kappa shape index (κ2) is 24.1. The Kier molecular flexibility index (Phi) is 17.5. The summed E-state index contributed by atoms with van der Waals surface area (Å²) >= 11 is 12.7. The molecule has 4 aromatic rings. The van der Waals surface area contributed by atoms with Crippen LogP contribution in [0.2, 0.25) is 10.0 Å². The predicted octanol–water partition coefficient (Wildman–Crippen LogP) is 9.52. The number of carbonyl (C=O) groups excluding carboxylic acids is 4. The van der Waals surface area contributed by atoms with Crippen LogP contribution in [-0.4, -0.2) is 125 Å². The van der Waals surface area contributed by atoms with Crippen LogP contribution < -0.4 is 19.3 Å². The van der Waals surface area contributed by atoms with Gasteiger partial charge in [0.2, 0.25) is 11.8 Å². The smallest absolute Gasteiger partial charge is 0.343 e. The molecule has 2 aliphatic carbocycles. The minimum absolute atomic E-state index is 0.215. The molecular formula is C62H74Cl2N4O10. The number of aliphatic hydroxyl groups is 2. The topological polar surface area (TPSA) is 159 Å². The molecule has 0 unspecified atom stereocenters. The number of halogens is 2. The average Bonchev–Trinajstić information content (AvgIpc) is 3.84. The molecule has 4 atom stereocenters. The molecule has 0 saturated heterocycles. The molecule has 14 nitrogen and oxygen atoms in total. The maximum absolute atomic E-state index is 13.1. The van der Waals surface area contributed by atoms with Crippen molar-refractivity contribution in [2.45, 2.75) is 112 Å². The monoisotopic (exact) mass is 1100 g/mol. The number of anilines is 2. The van der Waals surface area contributed by atoms with Gasteiger partial charge in [-0.2, -0.15) is 0 Å². The Morgan fingerprint density at radius 1 is 0.551 bits per heavy atom. The van der Waals surface area contributed by atoms with Gasteiger partial charge in [0.15, 0.2) is 11.2 Å². The van der Waals surface area contributed by atoms with Gasteiger partial charge in [0.1, 0.15) is 11.5 Å². The molecule has 416 valence electrons. The molecule has 2 amide bonds. The number of ether oxygens (including phenoxy) is 4. The van der Waals surface area contributed by atoms with Crippen LogP contribution in [-0.2, 0) is 63.5 Å². The second-order valence-corrected chi connectivity index (χ2v) is 23.0. The minimum Gasteiger partial charge on any atom is -0.490 e. The molecule has 0 aromatic heterocycles. The third-order valence-electron chi connectivity index (χ3n) is 16.9. The van der Waals surface area contributed by atoms with Crippen LogP contribution in [0.4, 0.5) is 11.4 Å². The van der Waals surface area contributed by atoms with Crippen LogP contribution in [0.5, 0.6) is 11.5 Å². The number of rotatable bonds is 2. The van der Waals surface area contributed by atoms with E-state index in [1.165, 1.54) is 36.5 Å². The van der Waals surface area contributed by atoms with E-state index < -0.39 is 36.0 Å². The Morgan fingerprint density at radius 2 is 0.962 bits per heavy atom. The van der Waals surface area contributed by atoms with Gasteiger partial charge >= 0.3 is 11.9 Å². The van der Waals surface area contributed by atoms with Crippen LogP contribution in [0.1, 0.15) is 110 Å². The number of hydrogen-bond donors (Lipinski definition) is 2. The molecule has 16 heteroatoms. The Balaban J connectivity index is 0.000000190. The van der Waals surface area contributed by atoms with E-state index in [1.807, 2.05) is 24.3 Å². The standard InChI is InChI=1S/2C31H37ClN2O5/c2*1-33-15-6-4-3-5-7-16-34-20-30(14-8-9-22-17-24(32)11-12-25(22)30)21-39-27-13-10-23(18-26(27)34)31(37,19-28(33)35)29(36)38-2/h2*3-4,10-13,17-18,37H,5-9,14-16,19-21H2,1-2H3/b2*4-3-/t30-,31+;30-,31-/m00/s1. The molecule has 2 spiro atoms. The van der Waals surface area contributed by atoms with E-state index in [-0.39, 0.29) is 22.6 Å². The highest BCUT2D eigenvalue weighted by Gasteiger charge is 2.47. The highest BCUT2D eigenvalue weighted by atomic mass is 35.5. The lowest BCUT2D eigenvalue weighted by Crippen LogP contribution is -2.46. The lowest BCUT2D eigenvalue weighted by Gasteiger charge is -2.41. The summed E-state index contributed by atoms with van der Waals surface area (Å²) < 4.78 is 23.0. The fraction of sp³-hybridized carbons (Fsp3) is 0.484. The molecule has 2 N–H and O–H groups in total. The molecule has 10 rings (SSSR count). The lowest BCUT2D eigenvalue weighted by molar-refractivity contribution is -0.168. The summed E-state index contributed by atoms with van der Waals surface area (Å²) in [6.45, 7) is 5.09. The number of amides is 2. The van der Waals surface area contributed by atoms with Crippen LogP contribution in [0.15, 0.2) is 97.1 Å². The van der Waals surface area contributed by atoms with Crippen molar-refractivity contribution in [1.29, 1.82) is 0 Å². The van der Waals surface area contributed by atoms with Gasteiger partial charge in [-0.3, -0.25) is 9.59 Å². The SMILES string of the molecule is COC(=O)[C@@]1(O)CC(=O)N(C)CC/C=C\CCCN2C[C@@]3(CCCc4cc(Cl)ccc43)COc3ccc1cc32.COC(=O)[C@]1(O)CC(=O)N(C)CC/C=C\CCCN2C[C@@]3(CCCc4cc(Cl)ccc43)COc3ccc1cc32. The summed E-state index contributed by atoms with van der Waals surface area (Å²) in [6.07, 6.45) is 18.9. The molecule has 78 heavy (non-hydrogen) atoms. The van der Waals surface area contributed by atoms with Crippen molar-refractivity contribution in [2.75, 3.05) is 90.6 Å². The van der Waals surface area contributed by atoms with Crippen LogP contribution in [0.25, 0.3) is 0 Å². The number of carbonyl (C=O) groups is 4. The van der Waals surface area contributed by atoms with Crippen molar-refractivity contribution in [1.82, 2.24) is 9.80 Å². The van der Waals surface area contributed by atoms with Crippen LogP contribution in [0, 0.1) is 0 Å². The van der Waals surface area contributed by atoms with Crippen LogP contribution >= 0.6 is 23.2 Å². The number of benzene rings is 4. The number of methoxy groups -OCH3 is 2. The van der Waals surface area contributed by atoms with E-state index in [4.69, 9.17) is 42.1 Å². The zero-order chi connectivity index (χ0) is 55.2. The highest BCUT2D eigenvalue weighted by molar-refractivity contribution is 6.31. The zero-order valence-corrected chi connectivity index (χ0v) is 47.0. The van der Waals surface area contributed by atoms with Crippen molar-refractivity contribution in [3.63, 3.8) is 0 Å². The normalized spacial score (nSPS) is 26.5. The maximum Gasteiger partial charge on any atom is 0.343 e. The van der Waals surface area contributed by atoms with Gasteiger partial charge in [0, 0.05) is 74.2 Å². The molecule has 0 radical (unpaired) electrons. The third kappa shape index (κ3) is 11.8. The fourth-order valence-electron chi connectivity index (χ4n) is 12.5. The maximum atomic E-state index is 13.1. The zero-order valence-electron chi connectivity index (χ0n) is 45.5. The molecule has 4 aliphatic heterocycles. The molecule has 4 bridgehead atoms. The summed E-state index contributed by atoms with van der Waals surface area (Å²) in [5.74, 6) is -0.969. The van der Waals surface area contributed by atoms with Gasteiger partial charge in [-0.05, 0) is 159 Å². The van der Waals surface area contributed by atoms with E-state index in [0.29, 0.717) is 61.8 Å². The number of hydrogen-bond acceptors (Lipinski definition) is 12. The van der Waals surface area contributed by atoms with Crippen LogP contribution in [0.3, 0.4) is 0 Å². The summed E-state index contributed by atoms with van der Waals surface area (Å²) in [5.41, 5.74) is 2.71. The Labute approximate surface area is 468 Å². The van der Waals surface area contributed by atoms with Crippen molar-refractivity contribution < 1.29 is 48.3 Å². The fourth-order valence-corrected chi connectivity index (χ4v) is 12.9. The molecule has 6 aliphatic rings. The summed E-state index contributed by atoms with van der Waals surface area (Å²) in [6, 6.07) is 23.0. The first kappa shape index (κ1) is 56.7. The molecule has 0 fully saturated rings. The van der Waals surface area contributed by atoms with Gasteiger partial charge in [0.25, 0.3) is 0 Å². The lowest BCUT2D eigenvalue weighted by atomic mass is 9.70. The largest absolute Gasteiger partial charge is 0.490 e. The summed E-state index contributed by atoms with van der Waals surface area (Å²) in [7, 11) is 5.83. The number of aryl methyl sites for hydroxylation is 2. The number of esters is 2. The van der Waals surface area contributed by atoms with E-state index in [0.717, 1.165) is 112 Å². The van der Waals surface area contributed by atoms with E-state index >= 15 is 0 Å². The van der Waals surface area contributed by atoms with E-state index in [2.05, 4.69) is 58.4 Å². The van der Waals surface area contributed by atoms with Gasteiger partial charge in [0.05, 0.1) is 51.6 Å². The summed E-state index contributed by atoms with van der Waals surface area (Å²) in [4.78, 5) is 59.8. The number of fused-ring (bicyclic) bond motifs is 6. The molecule has 4 aromatic carbocycles. The van der Waals surface area contributed by atoms with Gasteiger partial charge < -0.3 is 48.8 Å². The van der Waals surface area contributed by atoms with Gasteiger partial charge in [-0.25, -0.2) is 9.59 Å². The Hall–Kier alpha value is -6.06. The first-order chi connectivity index (χ1) is 37.5. The first-order valence-electron chi connectivity index (χ1n) is 27.5. The summed E-state index contributed by atoms with van der Waals surface area (Å²) in [5, 5.41) is 24.9. The molecular weight excluding hydrogens is 1030 g/mol. The van der Waals surface area contributed by atoms with Crippen molar-refractivity contribution in [3.05, 3.63) is 141 Å². The van der Waals surface area contributed by atoms with Crippen molar-refractivity contribution in [2.24, 2.45) is 0 Å². The van der Waals surface area contributed by atoms with E-state index in [1.54, 1.807) is 48.2 Å². The second-order valence-electron chi connectivity index (χ2n) is 22.1. The van der Waals surface area contributed by atoms with Gasteiger partial charge in [-0.15, -0.1) is 0 Å². The van der Waals surface area contributed by atoms with Crippen molar-refractivity contribution in [3.8, 4) is 11.5 Å². The average molecular weight is 1110 g/mol. The molecule has 4 heterocycles. The first-order valence-corrected chi connectivity index (χ1v) is 28.3. The van der Waals surface area contributed by atoms with E-state index in [9.17, 15) is 29.4 Å². The quantitative estimate of drug-likeness (QED) is 0.145. The Morgan fingerprint density at radius 3 is 1.37 bits per heavy atom. The third-order valence-corrected chi connectivity index (χ3v) is 17.4. The predicted molar refractivity (Wildman–Crippen MR) is 303 cm³/mol. The highest BCUT2D eigenvalue weighted by Crippen LogP contribution is 2.48. The molecule has 0 saturated carbocycles. The minimum atomic E-state index is -2.12. The number of allylic oxidation sites excluding steroid dienone is 2. The number of nitrogens with zero attached hydrogens (tertiary/aromatic N) is 4.